The topological polar surface area (TPSA) is 57.7 Å². The van der Waals surface area contributed by atoms with E-state index in [0.29, 0.717) is 18.9 Å². The van der Waals surface area contributed by atoms with Gasteiger partial charge in [0.25, 0.3) is 0 Å². The molecular formula is C23H27BrN2O3S. The van der Waals surface area contributed by atoms with Gasteiger partial charge in [-0.1, -0.05) is 47.1 Å². The molecule has 2 aromatic carbocycles. The molecule has 1 fully saturated rings. The fourth-order valence-corrected chi connectivity index (χ4v) is 6.29. The molecule has 0 spiro atoms. The molecule has 0 aliphatic carbocycles. The lowest BCUT2D eigenvalue weighted by Gasteiger charge is -2.38. The molecule has 7 heteroatoms. The number of benzene rings is 2. The average molecular weight is 491 g/mol. The minimum Gasteiger partial charge on any atom is -0.343 e. The quantitative estimate of drug-likeness (QED) is 0.638. The van der Waals surface area contributed by atoms with Crippen molar-refractivity contribution in [2.75, 3.05) is 19.6 Å². The molecule has 0 unspecified atom stereocenters. The molecule has 2 aliphatic heterocycles. The third-order valence-electron chi connectivity index (χ3n) is 6.29. The van der Waals surface area contributed by atoms with Crippen LogP contribution in [0.15, 0.2) is 57.9 Å². The molecular weight excluding hydrogens is 464 g/mol. The van der Waals surface area contributed by atoms with E-state index in [9.17, 15) is 13.2 Å². The van der Waals surface area contributed by atoms with Crippen molar-refractivity contribution in [3.05, 3.63) is 64.1 Å². The first-order chi connectivity index (χ1) is 14.4. The first-order valence-electron chi connectivity index (χ1n) is 10.5. The second-order valence-electron chi connectivity index (χ2n) is 8.30. The van der Waals surface area contributed by atoms with Crippen LogP contribution < -0.4 is 0 Å². The van der Waals surface area contributed by atoms with Crippen molar-refractivity contribution in [1.29, 1.82) is 0 Å². The van der Waals surface area contributed by atoms with Crippen LogP contribution in [-0.4, -0.2) is 43.2 Å². The first-order valence-corrected chi connectivity index (χ1v) is 12.7. The minimum atomic E-state index is -3.71. The van der Waals surface area contributed by atoms with Crippen molar-refractivity contribution in [2.45, 2.75) is 43.5 Å². The highest BCUT2D eigenvalue weighted by atomic mass is 79.9. The number of hydrogen-bond acceptors (Lipinski definition) is 3. The summed E-state index contributed by atoms with van der Waals surface area (Å²) in [5.74, 6) is 0.679. The second-order valence-corrected chi connectivity index (χ2v) is 11.1. The van der Waals surface area contributed by atoms with Crippen LogP contribution in [-0.2, 0) is 21.2 Å². The molecule has 30 heavy (non-hydrogen) atoms. The third-order valence-corrected chi connectivity index (χ3v) is 8.74. The molecule has 2 heterocycles. The Morgan fingerprint density at radius 2 is 1.70 bits per heavy atom. The number of amides is 1. The molecule has 160 valence electrons. The molecule has 1 saturated heterocycles. The van der Waals surface area contributed by atoms with Gasteiger partial charge in [-0.05, 0) is 60.6 Å². The second kappa shape index (κ2) is 8.81. The Hall–Kier alpha value is -1.70. The van der Waals surface area contributed by atoms with E-state index in [2.05, 4.69) is 22.9 Å². The number of fused-ring (bicyclic) bond motifs is 1. The van der Waals surface area contributed by atoms with Crippen LogP contribution in [0.5, 0.6) is 0 Å². The van der Waals surface area contributed by atoms with Crippen LogP contribution >= 0.6 is 15.9 Å². The van der Waals surface area contributed by atoms with Gasteiger partial charge in [0, 0.05) is 30.5 Å². The van der Waals surface area contributed by atoms with E-state index in [1.54, 1.807) is 24.3 Å². The first kappa shape index (κ1) is 21.5. The molecule has 2 aromatic rings. The fraction of sp³-hybridized carbons (Fsp3) is 0.435. The SMILES string of the molecule is CC1CCN(C(=O)C[C@@H]2c3ccccc3CCN2S(=O)(=O)c2ccc(Br)cc2)CC1. The Morgan fingerprint density at radius 3 is 2.40 bits per heavy atom. The van der Waals surface area contributed by atoms with E-state index in [1.807, 2.05) is 29.2 Å². The van der Waals surface area contributed by atoms with Crippen LogP contribution in [0.2, 0.25) is 0 Å². The van der Waals surface area contributed by atoms with E-state index in [-0.39, 0.29) is 17.2 Å². The number of carbonyl (C=O) groups excluding carboxylic acids is 1. The molecule has 2 aliphatic rings. The zero-order chi connectivity index (χ0) is 21.3. The van der Waals surface area contributed by atoms with E-state index in [4.69, 9.17) is 0 Å². The van der Waals surface area contributed by atoms with Crippen LogP contribution in [0.1, 0.15) is 43.4 Å². The number of piperidine rings is 1. The van der Waals surface area contributed by atoms with E-state index in [0.717, 1.165) is 41.5 Å². The van der Waals surface area contributed by atoms with Gasteiger partial charge < -0.3 is 4.90 Å². The molecule has 0 saturated carbocycles. The normalized spacial score (nSPS) is 20.7. The highest BCUT2D eigenvalue weighted by Gasteiger charge is 2.38. The Bertz CT molecular complexity index is 1010. The summed E-state index contributed by atoms with van der Waals surface area (Å²) in [6, 6.07) is 14.1. The highest BCUT2D eigenvalue weighted by Crippen LogP contribution is 2.37. The summed E-state index contributed by atoms with van der Waals surface area (Å²) >= 11 is 3.36. The molecule has 0 aromatic heterocycles. The summed E-state index contributed by atoms with van der Waals surface area (Å²) in [5, 5.41) is 0. The predicted octanol–water partition coefficient (Wildman–Crippen LogP) is 4.39. The molecule has 4 rings (SSSR count). The average Bonchev–Trinajstić information content (AvgIpc) is 2.74. The van der Waals surface area contributed by atoms with Crippen molar-refractivity contribution >= 4 is 31.9 Å². The van der Waals surface area contributed by atoms with Gasteiger partial charge in [0.15, 0.2) is 0 Å². The number of halogens is 1. The van der Waals surface area contributed by atoms with Gasteiger partial charge in [-0.25, -0.2) is 8.42 Å². The molecule has 1 atom stereocenters. The molecule has 5 nitrogen and oxygen atoms in total. The van der Waals surface area contributed by atoms with E-state index >= 15 is 0 Å². The van der Waals surface area contributed by atoms with Crippen LogP contribution in [0, 0.1) is 5.92 Å². The lowest BCUT2D eigenvalue weighted by molar-refractivity contribution is -0.133. The number of rotatable bonds is 4. The summed E-state index contributed by atoms with van der Waals surface area (Å²) in [4.78, 5) is 15.3. The summed E-state index contributed by atoms with van der Waals surface area (Å²) in [5.41, 5.74) is 2.08. The summed E-state index contributed by atoms with van der Waals surface area (Å²) < 4.78 is 29.4. The summed E-state index contributed by atoms with van der Waals surface area (Å²) in [7, 11) is -3.71. The molecule has 0 N–H and O–H groups in total. The van der Waals surface area contributed by atoms with Crippen molar-refractivity contribution in [1.82, 2.24) is 9.21 Å². The largest absolute Gasteiger partial charge is 0.343 e. The van der Waals surface area contributed by atoms with E-state index < -0.39 is 16.1 Å². The van der Waals surface area contributed by atoms with Crippen molar-refractivity contribution in [2.24, 2.45) is 5.92 Å². The number of nitrogens with zero attached hydrogens (tertiary/aromatic N) is 2. The van der Waals surface area contributed by atoms with Gasteiger partial charge in [-0.15, -0.1) is 0 Å². The number of sulfonamides is 1. The monoisotopic (exact) mass is 490 g/mol. The van der Waals surface area contributed by atoms with Gasteiger partial charge >= 0.3 is 0 Å². The highest BCUT2D eigenvalue weighted by molar-refractivity contribution is 9.10. The predicted molar refractivity (Wildman–Crippen MR) is 121 cm³/mol. The van der Waals surface area contributed by atoms with Gasteiger partial charge in [-0.2, -0.15) is 4.31 Å². The maximum Gasteiger partial charge on any atom is 0.243 e. The van der Waals surface area contributed by atoms with Crippen LogP contribution in [0.3, 0.4) is 0 Å². The third kappa shape index (κ3) is 4.34. The smallest absolute Gasteiger partial charge is 0.243 e. The van der Waals surface area contributed by atoms with Gasteiger partial charge in [0.05, 0.1) is 10.9 Å². The zero-order valence-electron chi connectivity index (χ0n) is 17.1. The Labute approximate surface area is 187 Å². The van der Waals surface area contributed by atoms with Crippen LogP contribution in [0.4, 0.5) is 0 Å². The molecule has 0 bridgehead atoms. The summed E-state index contributed by atoms with van der Waals surface area (Å²) in [6.45, 7) is 4.11. The number of likely N-dealkylation sites (tertiary alicyclic amines) is 1. The summed E-state index contributed by atoms with van der Waals surface area (Å²) in [6.07, 6.45) is 2.85. The van der Waals surface area contributed by atoms with Crippen LogP contribution in [0.25, 0.3) is 0 Å². The van der Waals surface area contributed by atoms with Crippen molar-refractivity contribution in [3.63, 3.8) is 0 Å². The standard InChI is InChI=1S/C23H27BrN2O3S/c1-17-10-13-25(14-11-17)23(27)16-22-21-5-3-2-4-18(21)12-15-26(22)30(28,29)20-8-6-19(24)7-9-20/h2-9,17,22H,10-16H2,1H3/t22-/m1/s1. The lowest BCUT2D eigenvalue weighted by Crippen LogP contribution is -2.44. The Balaban J connectivity index is 1.65. The van der Waals surface area contributed by atoms with Gasteiger partial charge in [-0.3, -0.25) is 4.79 Å². The minimum absolute atomic E-state index is 0.0413. The maximum atomic E-state index is 13.5. The van der Waals surface area contributed by atoms with Crippen molar-refractivity contribution in [3.8, 4) is 0 Å². The fourth-order valence-electron chi connectivity index (χ4n) is 4.42. The van der Waals surface area contributed by atoms with Crippen molar-refractivity contribution < 1.29 is 13.2 Å². The lowest BCUT2D eigenvalue weighted by atomic mass is 9.91. The maximum absolute atomic E-state index is 13.5. The van der Waals surface area contributed by atoms with Gasteiger partial charge in [0.1, 0.15) is 0 Å². The zero-order valence-corrected chi connectivity index (χ0v) is 19.5. The Morgan fingerprint density at radius 1 is 1.03 bits per heavy atom. The van der Waals surface area contributed by atoms with Gasteiger partial charge in [0.2, 0.25) is 15.9 Å². The van der Waals surface area contributed by atoms with E-state index in [1.165, 1.54) is 4.31 Å². The number of hydrogen-bond donors (Lipinski definition) is 0. The molecule has 1 amide bonds. The number of carbonyl (C=O) groups is 1. The molecule has 0 radical (unpaired) electrons. The Kier molecular flexibility index (Phi) is 6.32.